The maximum atomic E-state index is 6.85. The van der Waals surface area contributed by atoms with Crippen molar-refractivity contribution in [2.45, 2.75) is 172 Å². The number of hydrogen-bond donors (Lipinski definition) is 0. The molecular weight excluding hydrogens is 705 g/mol. The molecule has 0 aliphatic heterocycles. The average Bonchev–Trinajstić information content (AvgIpc) is 3.20. The van der Waals surface area contributed by atoms with Crippen LogP contribution in [0.3, 0.4) is 0 Å². The Morgan fingerprint density at radius 3 is 0.891 bits per heavy atom. The molecule has 308 valence electrons. The third kappa shape index (κ3) is 16.8. The third-order valence-electron chi connectivity index (χ3n) is 9.43. The SMILES string of the molecule is CCCCCOc1cc(OCCCCC)c([S+](c2ccccc2)c2c(OCCCCC)cc(OCCCCC)cc2OCCCCC)c(OCCCCC)c1. The molecule has 0 aliphatic rings. The molecule has 0 heterocycles. The fourth-order valence-corrected chi connectivity index (χ4v) is 8.60. The van der Waals surface area contributed by atoms with Gasteiger partial charge in [0, 0.05) is 24.3 Å². The molecule has 0 amide bonds. The molecule has 3 rings (SSSR count). The Kier molecular flexibility index (Phi) is 24.4. The van der Waals surface area contributed by atoms with Crippen LogP contribution in [0.5, 0.6) is 34.5 Å². The lowest BCUT2D eigenvalue weighted by Gasteiger charge is -2.22. The Morgan fingerprint density at radius 2 is 0.618 bits per heavy atom. The fourth-order valence-electron chi connectivity index (χ4n) is 6.22. The van der Waals surface area contributed by atoms with Crippen molar-refractivity contribution in [3.8, 4) is 34.5 Å². The van der Waals surface area contributed by atoms with Crippen LogP contribution in [-0.2, 0) is 10.9 Å². The van der Waals surface area contributed by atoms with Gasteiger partial charge >= 0.3 is 0 Å². The van der Waals surface area contributed by atoms with Crippen molar-refractivity contribution in [2.75, 3.05) is 39.6 Å². The average molecular weight is 780 g/mol. The highest BCUT2D eigenvalue weighted by atomic mass is 32.2. The molecule has 0 bridgehead atoms. The molecule has 0 aromatic heterocycles. The van der Waals surface area contributed by atoms with E-state index in [9.17, 15) is 0 Å². The van der Waals surface area contributed by atoms with E-state index in [0.717, 1.165) is 165 Å². The van der Waals surface area contributed by atoms with Gasteiger partial charge in [-0.2, -0.15) is 0 Å². The van der Waals surface area contributed by atoms with E-state index >= 15 is 0 Å². The maximum Gasteiger partial charge on any atom is 0.250 e. The molecule has 7 heteroatoms. The van der Waals surface area contributed by atoms with Gasteiger partial charge in [0.15, 0.2) is 27.9 Å². The Morgan fingerprint density at radius 1 is 0.345 bits per heavy atom. The molecule has 0 atom stereocenters. The zero-order chi connectivity index (χ0) is 39.4. The molecule has 0 unspecified atom stereocenters. The summed E-state index contributed by atoms with van der Waals surface area (Å²) in [6.07, 6.45) is 19.4. The summed E-state index contributed by atoms with van der Waals surface area (Å²) >= 11 is 0. The summed E-state index contributed by atoms with van der Waals surface area (Å²) in [5.74, 6) is 4.78. The highest BCUT2D eigenvalue weighted by Gasteiger charge is 2.42. The van der Waals surface area contributed by atoms with Crippen molar-refractivity contribution in [1.29, 1.82) is 0 Å². The largest absolute Gasteiger partial charge is 0.493 e. The topological polar surface area (TPSA) is 55.4 Å². The second kappa shape index (κ2) is 29.1. The first-order chi connectivity index (χ1) is 27.1. The molecule has 3 aromatic carbocycles. The smallest absolute Gasteiger partial charge is 0.250 e. The number of benzene rings is 3. The standard InChI is InChI=1S/C48H75O6S/c1-7-13-22-30-49-40-36-43(51-32-24-15-9-3)47(44(37-40)52-33-25-16-10-4)55(42-28-20-19-21-29-42)48-45(53-34-26-17-11-5)38-41(50-31-23-14-8-2)39-46(48)54-35-27-18-12-6/h19-21,28-29,36-39H,7-18,22-27,30-35H2,1-6H3/q+1. The number of rotatable bonds is 33. The van der Waals surface area contributed by atoms with Crippen molar-refractivity contribution in [1.82, 2.24) is 0 Å². The highest BCUT2D eigenvalue weighted by molar-refractivity contribution is 7.97. The summed E-state index contributed by atoms with van der Waals surface area (Å²) < 4.78 is 40.3. The van der Waals surface area contributed by atoms with Gasteiger partial charge in [-0.1, -0.05) is 137 Å². The Balaban J connectivity index is 2.36. The minimum Gasteiger partial charge on any atom is -0.493 e. The fraction of sp³-hybridized carbons (Fsp3) is 0.625. The summed E-state index contributed by atoms with van der Waals surface area (Å²) in [5, 5.41) is 0. The minimum atomic E-state index is -0.735. The predicted octanol–water partition coefficient (Wildman–Crippen LogP) is 14.2. The first-order valence-electron chi connectivity index (χ1n) is 22.0. The zero-order valence-electron chi connectivity index (χ0n) is 35.5. The van der Waals surface area contributed by atoms with E-state index in [2.05, 4.69) is 96.1 Å². The molecular formula is C48H75O6S+. The van der Waals surface area contributed by atoms with Crippen molar-refractivity contribution in [2.24, 2.45) is 0 Å². The van der Waals surface area contributed by atoms with E-state index < -0.39 is 10.9 Å². The summed E-state index contributed by atoms with van der Waals surface area (Å²) in [6.45, 7) is 17.1. The van der Waals surface area contributed by atoms with Crippen LogP contribution in [0.4, 0.5) is 0 Å². The van der Waals surface area contributed by atoms with Crippen molar-refractivity contribution in [3.05, 3.63) is 54.6 Å². The van der Waals surface area contributed by atoms with Gasteiger partial charge in [-0.15, -0.1) is 0 Å². The maximum absolute atomic E-state index is 6.85. The lowest BCUT2D eigenvalue weighted by atomic mass is 10.2. The van der Waals surface area contributed by atoms with Crippen LogP contribution in [0.1, 0.15) is 157 Å². The van der Waals surface area contributed by atoms with Crippen LogP contribution < -0.4 is 28.4 Å². The molecule has 55 heavy (non-hydrogen) atoms. The monoisotopic (exact) mass is 780 g/mol. The van der Waals surface area contributed by atoms with E-state index in [1.807, 2.05) is 0 Å². The Labute approximate surface area is 338 Å². The van der Waals surface area contributed by atoms with Crippen LogP contribution in [0.2, 0.25) is 0 Å². The normalized spacial score (nSPS) is 11.2. The Hall–Kier alpha value is -3.19. The molecule has 6 nitrogen and oxygen atoms in total. The van der Waals surface area contributed by atoms with Gasteiger partial charge in [0.1, 0.15) is 22.4 Å². The van der Waals surface area contributed by atoms with Gasteiger partial charge in [0.2, 0.25) is 0 Å². The van der Waals surface area contributed by atoms with Gasteiger partial charge in [-0.05, 0) is 50.7 Å². The van der Waals surface area contributed by atoms with E-state index in [0.29, 0.717) is 39.6 Å². The van der Waals surface area contributed by atoms with Crippen LogP contribution in [-0.4, -0.2) is 39.6 Å². The molecule has 0 aliphatic carbocycles. The number of unbranched alkanes of at least 4 members (excludes halogenated alkanes) is 12. The molecule has 0 saturated carbocycles. The lowest BCUT2D eigenvalue weighted by Crippen LogP contribution is -2.15. The van der Waals surface area contributed by atoms with Gasteiger partial charge in [-0.3, -0.25) is 0 Å². The van der Waals surface area contributed by atoms with Crippen LogP contribution in [0, 0.1) is 0 Å². The summed E-state index contributed by atoms with van der Waals surface area (Å²) in [6, 6.07) is 19.2. The molecule has 0 saturated heterocycles. The molecule has 0 fully saturated rings. The summed E-state index contributed by atoms with van der Waals surface area (Å²) in [4.78, 5) is 3.16. The number of hydrogen-bond acceptors (Lipinski definition) is 6. The second-order valence-corrected chi connectivity index (χ2v) is 16.4. The third-order valence-corrected chi connectivity index (χ3v) is 11.8. The quantitative estimate of drug-likeness (QED) is 0.0453. The first kappa shape index (κ1) is 46.2. The second-order valence-electron chi connectivity index (χ2n) is 14.4. The van der Waals surface area contributed by atoms with Crippen LogP contribution in [0.15, 0.2) is 69.3 Å². The minimum absolute atomic E-state index is 0.618. The van der Waals surface area contributed by atoms with Crippen LogP contribution in [0.25, 0.3) is 0 Å². The van der Waals surface area contributed by atoms with E-state index in [1.165, 1.54) is 0 Å². The zero-order valence-corrected chi connectivity index (χ0v) is 36.3. The van der Waals surface area contributed by atoms with E-state index in [1.54, 1.807) is 0 Å². The first-order valence-corrected chi connectivity index (χ1v) is 23.3. The van der Waals surface area contributed by atoms with Gasteiger partial charge in [0.25, 0.3) is 9.79 Å². The Bertz CT molecular complexity index is 1260. The van der Waals surface area contributed by atoms with Gasteiger partial charge < -0.3 is 28.4 Å². The molecule has 0 radical (unpaired) electrons. The summed E-state index contributed by atoms with van der Waals surface area (Å²) in [5.41, 5.74) is 0. The van der Waals surface area contributed by atoms with Crippen molar-refractivity contribution < 1.29 is 28.4 Å². The van der Waals surface area contributed by atoms with Gasteiger partial charge in [0.05, 0.1) is 39.6 Å². The number of ether oxygens (including phenoxy) is 6. The van der Waals surface area contributed by atoms with Crippen molar-refractivity contribution >= 4 is 10.9 Å². The van der Waals surface area contributed by atoms with Crippen molar-refractivity contribution in [3.63, 3.8) is 0 Å². The van der Waals surface area contributed by atoms with Gasteiger partial charge in [-0.25, -0.2) is 0 Å². The molecule has 0 spiro atoms. The summed E-state index contributed by atoms with van der Waals surface area (Å²) in [7, 11) is -0.735. The van der Waals surface area contributed by atoms with Crippen LogP contribution >= 0.6 is 0 Å². The lowest BCUT2D eigenvalue weighted by molar-refractivity contribution is 0.265. The van der Waals surface area contributed by atoms with E-state index in [4.69, 9.17) is 28.4 Å². The molecule has 0 N–H and O–H groups in total. The predicted molar refractivity (Wildman–Crippen MR) is 232 cm³/mol. The molecule has 3 aromatic rings. The van der Waals surface area contributed by atoms with E-state index in [-0.39, 0.29) is 0 Å². The highest BCUT2D eigenvalue weighted by Crippen LogP contribution is 2.51.